The van der Waals surface area contributed by atoms with Crippen LogP contribution in [-0.2, 0) is 11.3 Å². The van der Waals surface area contributed by atoms with Gasteiger partial charge in [0.1, 0.15) is 17.6 Å². The van der Waals surface area contributed by atoms with E-state index < -0.39 is 10.3 Å². The number of amides is 1. The van der Waals surface area contributed by atoms with Crippen molar-refractivity contribution in [2.24, 2.45) is 0 Å². The summed E-state index contributed by atoms with van der Waals surface area (Å²) in [6.45, 7) is 1.90. The molecule has 1 amide bonds. The van der Waals surface area contributed by atoms with Crippen LogP contribution in [0.3, 0.4) is 0 Å². The van der Waals surface area contributed by atoms with E-state index >= 15 is 0 Å². The van der Waals surface area contributed by atoms with Gasteiger partial charge in [0.2, 0.25) is 5.91 Å². The predicted molar refractivity (Wildman–Crippen MR) is 172 cm³/mol. The van der Waals surface area contributed by atoms with E-state index in [-0.39, 0.29) is 11.7 Å². The first-order chi connectivity index (χ1) is 21.2. The van der Waals surface area contributed by atoms with Crippen molar-refractivity contribution in [3.63, 3.8) is 0 Å². The van der Waals surface area contributed by atoms with Gasteiger partial charge in [0.15, 0.2) is 15.8 Å². The number of hydrogen-bond donors (Lipinski definition) is 0. The highest BCUT2D eigenvalue weighted by molar-refractivity contribution is 6.63. The Bertz CT molecular complexity index is 1760. The first-order valence-corrected chi connectivity index (χ1v) is 14.8. The molecule has 1 aliphatic rings. The topological polar surface area (TPSA) is 69.5 Å². The SMILES string of the molecule is COc1cc2c(cc1OC)-c1ccccc1[C@H](N(C(C)=O)c1ccc(F)cc1)c1c(-c3ccccc3)nnn1C2.ClC(Cl)Cl. The average molecular weight is 654 g/mol. The Kier molecular flexibility index (Phi) is 9.74. The van der Waals surface area contributed by atoms with Crippen LogP contribution in [0.5, 0.6) is 11.5 Å². The molecule has 0 unspecified atom stereocenters. The van der Waals surface area contributed by atoms with Crippen LogP contribution in [0, 0.1) is 5.82 Å². The lowest BCUT2D eigenvalue weighted by atomic mass is 9.86. The molecule has 0 aliphatic carbocycles. The van der Waals surface area contributed by atoms with Crippen LogP contribution in [-0.4, -0.2) is 39.4 Å². The Morgan fingerprint density at radius 2 is 1.52 bits per heavy atom. The zero-order valence-electron chi connectivity index (χ0n) is 24.0. The van der Waals surface area contributed by atoms with Crippen molar-refractivity contribution in [3.05, 3.63) is 114 Å². The van der Waals surface area contributed by atoms with Crippen molar-refractivity contribution < 1.29 is 18.7 Å². The summed E-state index contributed by atoms with van der Waals surface area (Å²) in [6.07, 6.45) is 0. The number of ether oxygens (including phenoxy) is 2. The molecule has 11 heteroatoms. The third kappa shape index (κ3) is 6.38. The lowest BCUT2D eigenvalue weighted by Crippen LogP contribution is -2.36. The number of nitrogens with zero attached hydrogens (tertiary/aromatic N) is 4. The highest BCUT2D eigenvalue weighted by atomic mass is 35.6. The van der Waals surface area contributed by atoms with Crippen LogP contribution in [0.1, 0.15) is 29.8 Å². The number of fused-ring (bicyclic) bond motifs is 4. The predicted octanol–water partition coefficient (Wildman–Crippen LogP) is 8.26. The number of carbonyl (C=O) groups excluding carboxylic acids is 1. The summed E-state index contributed by atoms with van der Waals surface area (Å²) < 4.78 is 26.3. The van der Waals surface area contributed by atoms with Gasteiger partial charge >= 0.3 is 0 Å². The standard InChI is InChI=1S/C32H27FN4O3.CHCl3/c1-20(38)37(24-15-13-23(33)14-16-24)31-26-12-8-7-11-25(26)27-18-29(40-3)28(39-2)17-22(27)19-36-32(31)30(34-35-36)21-9-5-4-6-10-21;2-1(3)4/h4-18,31H,19H2,1-3H3;1H/t31-;/m0./s1. The fraction of sp³-hybridized carbons (Fsp3) is 0.182. The summed E-state index contributed by atoms with van der Waals surface area (Å²) in [5.41, 5.74) is 6.56. The molecular formula is C33H28Cl3FN4O3. The van der Waals surface area contributed by atoms with E-state index in [1.807, 2.05) is 71.4 Å². The minimum Gasteiger partial charge on any atom is -0.493 e. The van der Waals surface area contributed by atoms with E-state index in [9.17, 15) is 9.18 Å². The van der Waals surface area contributed by atoms with Gasteiger partial charge in [0.05, 0.1) is 26.5 Å². The Morgan fingerprint density at radius 1 is 0.909 bits per heavy atom. The number of methoxy groups -OCH3 is 2. The van der Waals surface area contributed by atoms with Crippen molar-refractivity contribution in [1.82, 2.24) is 15.0 Å². The van der Waals surface area contributed by atoms with Crippen LogP contribution in [0.25, 0.3) is 22.4 Å². The Hall–Kier alpha value is -4.11. The van der Waals surface area contributed by atoms with E-state index in [4.69, 9.17) is 44.3 Å². The monoisotopic (exact) mass is 652 g/mol. The average Bonchev–Trinajstić information content (AvgIpc) is 3.42. The molecule has 1 atom stereocenters. The fourth-order valence-electron chi connectivity index (χ4n) is 5.48. The lowest BCUT2D eigenvalue weighted by Gasteiger charge is -2.35. The molecule has 7 nitrogen and oxygen atoms in total. The number of hydrogen-bond acceptors (Lipinski definition) is 5. The second-order valence-electron chi connectivity index (χ2n) is 9.81. The Morgan fingerprint density at radius 3 is 2.16 bits per heavy atom. The normalized spacial score (nSPS) is 13.3. The van der Waals surface area contributed by atoms with E-state index in [1.54, 1.807) is 31.3 Å². The van der Waals surface area contributed by atoms with Gasteiger partial charge in [-0.05, 0) is 58.7 Å². The van der Waals surface area contributed by atoms with E-state index in [0.29, 0.717) is 29.4 Å². The summed E-state index contributed by atoms with van der Waals surface area (Å²) in [4.78, 5) is 15.2. The van der Waals surface area contributed by atoms with Crippen LogP contribution in [0.2, 0.25) is 0 Å². The quantitative estimate of drug-likeness (QED) is 0.179. The number of aromatic nitrogens is 3. The van der Waals surface area contributed by atoms with Gasteiger partial charge < -0.3 is 9.47 Å². The number of anilines is 1. The molecule has 226 valence electrons. The molecule has 5 aromatic rings. The van der Waals surface area contributed by atoms with Crippen LogP contribution >= 0.6 is 34.8 Å². The van der Waals surface area contributed by atoms with Crippen molar-refractivity contribution in [2.75, 3.05) is 19.1 Å². The van der Waals surface area contributed by atoms with Gasteiger partial charge in [-0.15, -0.1) is 5.10 Å². The third-order valence-corrected chi connectivity index (χ3v) is 7.26. The van der Waals surface area contributed by atoms with Crippen LogP contribution in [0.4, 0.5) is 10.1 Å². The zero-order chi connectivity index (χ0) is 31.4. The molecule has 6 rings (SSSR count). The molecule has 0 spiro atoms. The van der Waals surface area contributed by atoms with Gasteiger partial charge in [-0.2, -0.15) is 0 Å². The van der Waals surface area contributed by atoms with E-state index in [0.717, 1.165) is 33.5 Å². The van der Waals surface area contributed by atoms with E-state index in [2.05, 4.69) is 10.3 Å². The molecule has 0 saturated heterocycles. The molecule has 1 aliphatic heterocycles. The molecule has 44 heavy (non-hydrogen) atoms. The van der Waals surface area contributed by atoms with Gasteiger partial charge in [-0.1, -0.05) is 94.6 Å². The van der Waals surface area contributed by atoms with Crippen molar-refractivity contribution >= 4 is 46.4 Å². The molecule has 0 saturated carbocycles. The van der Waals surface area contributed by atoms with Gasteiger partial charge in [-0.3, -0.25) is 9.69 Å². The number of halogens is 4. The van der Waals surface area contributed by atoms with Gasteiger partial charge in [-0.25, -0.2) is 9.07 Å². The maximum absolute atomic E-state index is 14.0. The second kappa shape index (κ2) is 13.7. The molecule has 2 heterocycles. The Balaban J connectivity index is 0.000000906. The van der Waals surface area contributed by atoms with E-state index in [1.165, 1.54) is 19.1 Å². The molecular weight excluding hydrogens is 626 g/mol. The maximum atomic E-state index is 14.0. The van der Waals surface area contributed by atoms with Crippen molar-refractivity contribution in [1.29, 1.82) is 0 Å². The number of rotatable bonds is 5. The molecule has 0 radical (unpaired) electrons. The number of benzene rings is 4. The number of carbonyl (C=O) groups is 1. The molecule has 1 aromatic heterocycles. The zero-order valence-corrected chi connectivity index (χ0v) is 26.3. The summed E-state index contributed by atoms with van der Waals surface area (Å²) in [5, 5.41) is 9.23. The summed E-state index contributed by atoms with van der Waals surface area (Å²) in [6, 6.07) is 27.0. The number of alkyl halides is 3. The highest BCUT2D eigenvalue weighted by Crippen LogP contribution is 2.46. The molecule has 0 N–H and O–H groups in total. The molecule has 4 aromatic carbocycles. The van der Waals surface area contributed by atoms with Gasteiger partial charge in [0.25, 0.3) is 0 Å². The van der Waals surface area contributed by atoms with Crippen molar-refractivity contribution in [2.45, 2.75) is 23.8 Å². The van der Waals surface area contributed by atoms with Gasteiger partial charge in [0, 0.05) is 18.2 Å². The smallest absolute Gasteiger partial charge is 0.224 e. The summed E-state index contributed by atoms with van der Waals surface area (Å²) in [7, 11) is 3.22. The highest BCUT2D eigenvalue weighted by Gasteiger charge is 2.36. The largest absolute Gasteiger partial charge is 0.493 e. The van der Waals surface area contributed by atoms with Crippen LogP contribution in [0.15, 0.2) is 91.0 Å². The maximum Gasteiger partial charge on any atom is 0.224 e. The lowest BCUT2D eigenvalue weighted by molar-refractivity contribution is -0.116. The third-order valence-electron chi connectivity index (χ3n) is 7.26. The second-order valence-corrected chi connectivity index (χ2v) is 11.8. The summed E-state index contributed by atoms with van der Waals surface area (Å²) in [5.74, 6) is 0.625. The van der Waals surface area contributed by atoms with Crippen molar-refractivity contribution in [3.8, 4) is 33.9 Å². The summed E-state index contributed by atoms with van der Waals surface area (Å²) >= 11 is 14.4. The first-order valence-electron chi connectivity index (χ1n) is 13.5. The minimum atomic E-state index is -0.750. The Labute approximate surface area is 269 Å². The minimum absolute atomic E-state index is 0.203. The molecule has 0 fully saturated rings. The fourth-order valence-corrected chi connectivity index (χ4v) is 5.48. The van der Waals surface area contributed by atoms with Crippen LogP contribution < -0.4 is 14.4 Å². The first kappa shape index (κ1) is 31.3. The molecule has 0 bridgehead atoms.